The molecule has 0 radical (unpaired) electrons. The number of carbonyl (C=O) groups excluding carboxylic acids is 1. The first-order chi connectivity index (χ1) is 9.01. The molecule has 2 atom stereocenters. The Balaban J connectivity index is 2.57. The summed E-state index contributed by atoms with van der Waals surface area (Å²) in [5.74, 6) is 0.000248. The van der Waals surface area contributed by atoms with E-state index in [1.165, 1.54) is 6.92 Å². The third kappa shape index (κ3) is 5.23. The Hall–Kier alpha value is -0.910. The normalized spacial score (nSPS) is 23.6. The molecule has 1 aliphatic heterocycles. The average Bonchev–Trinajstić information content (AvgIpc) is 2.26. The van der Waals surface area contributed by atoms with Gasteiger partial charge in [0.05, 0.1) is 5.54 Å². The molecule has 6 heteroatoms. The summed E-state index contributed by atoms with van der Waals surface area (Å²) in [4.78, 5) is 13.6. The minimum Gasteiger partial charge on any atom is -0.444 e. The summed E-state index contributed by atoms with van der Waals surface area (Å²) in [6.45, 7) is 7.83. The molecule has 1 aliphatic rings. The van der Waals surface area contributed by atoms with Crippen LogP contribution >= 0.6 is 0 Å². The number of piperidine rings is 1. The van der Waals surface area contributed by atoms with Crippen molar-refractivity contribution in [2.24, 2.45) is 11.7 Å². The number of alkyl halides is 2. The third-order valence-electron chi connectivity index (χ3n) is 3.40. The summed E-state index contributed by atoms with van der Waals surface area (Å²) >= 11 is 0. The summed E-state index contributed by atoms with van der Waals surface area (Å²) in [5.41, 5.74) is 3.58. The van der Waals surface area contributed by atoms with Gasteiger partial charge in [0.2, 0.25) is 0 Å². The van der Waals surface area contributed by atoms with Gasteiger partial charge in [-0.3, -0.25) is 0 Å². The zero-order chi connectivity index (χ0) is 15.6. The molecule has 20 heavy (non-hydrogen) atoms. The molecule has 2 unspecified atom stereocenters. The van der Waals surface area contributed by atoms with Crippen LogP contribution in [-0.2, 0) is 4.74 Å². The van der Waals surface area contributed by atoms with Crippen LogP contribution in [0.1, 0.15) is 47.0 Å². The van der Waals surface area contributed by atoms with Crippen molar-refractivity contribution >= 4 is 6.09 Å². The van der Waals surface area contributed by atoms with Gasteiger partial charge in [-0.05, 0) is 52.9 Å². The van der Waals surface area contributed by atoms with Crippen LogP contribution in [0.3, 0.4) is 0 Å². The SMILES string of the molecule is CC(C)(C)OC(=O)N1CCCC(CC(C)(N)C(F)F)C1. The topological polar surface area (TPSA) is 55.6 Å². The van der Waals surface area contributed by atoms with E-state index in [1.54, 1.807) is 25.7 Å². The molecule has 0 aromatic heterocycles. The quantitative estimate of drug-likeness (QED) is 0.870. The highest BCUT2D eigenvalue weighted by molar-refractivity contribution is 5.68. The van der Waals surface area contributed by atoms with Crippen LogP contribution in [0, 0.1) is 5.92 Å². The van der Waals surface area contributed by atoms with Gasteiger partial charge in [-0.15, -0.1) is 0 Å². The Labute approximate surface area is 119 Å². The van der Waals surface area contributed by atoms with Crippen LogP contribution in [0.4, 0.5) is 13.6 Å². The minimum atomic E-state index is -2.56. The third-order valence-corrected chi connectivity index (χ3v) is 3.40. The second-order valence-corrected chi connectivity index (χ2v) is 6.95. The monoisotopic (exact) mass is 292 g/mol. The van der Waals surface area contributed by atoms with E-state index in [1.807, 2.05) is 0 Å². The predicted octanol–water partition coefficient (Wildman–Crippen LogP) is 3.01. The lowest BCUT2D eigenvalue weighted by Crippen LogP contribution is -2.49. The van der Waals surface area contributed by atoms with E-state index in [9.17, 15) is 13.6 Å². The standard InChI is InChI=1S/C14H26F2N2O2/c1-13(2,3)20-12(19)18-7-5-6-10(9-18)8-14(4,17)11(15)16/h10-11H,5-9,17H2,1-4H3. The van der Waals surface area contributed by atoms with Gasteiger partial charge in [-0.2, -0.15) is 0 Å². The fourth-order valence-electron chi connectivity index (χ4n) is 2.44. The van der Waals surface area contributed by atoms with Crippen molar-refractivity contribution in [2.75, 3.05) is 13.1 Å². The molecule has 0 saturated carbocycles. The maximum absolute atomic E-state index is 12.8. The van der Waals surface area contributed by atoms with Gasteiger partial charge in [-0.25, -0.2) is 13.6 Å². The minimum absolute atomic E-state index is 0.000248. The first-order valence-electron chi connectivity index (χ1n) is 7.06. The van der Waals surface area contributed by atoms with E-state index in [2.05, 4.69) is 0 Å². The van der Waals surface area contributed by atoms with Crippen molar-refractivity contribution in [1.82, 2.24) is 4.90 Å². The maximum Gasteiger partial charge on any atom is 0.410 e. The van der Waals surface area contributed by atoms with Crippen LogP contribution in [0.2, 0.25) is 0 Å². The fraction of sp³-hybridized carbons (Fsp3) is 0.929. The summed E-state index contributed by atoms with van der Waals surface area (Å²) < 4.78 is 30.9. The van der Waals surface area contributed by atoms with E-state index >= 15 is 0 Å². The molecule has 0 aromatic carbocycles. The van der Waals surface area contributed by atoms with E-state index in [0.29, 0.717) is 13.1 Å². The number of nitrogens with zero attached hydrogens (tertiary/aromatic N) is 1. The number of carbonyl (C=O) groups is 1. The number of likely N-dealkylation sites (tertiary alicyclic amines) is 1. The lowest BCUT2D eigenvalue weighted by molar-refractivity contribution is 0.00846. The van der Waals surface area contributed by atoms with Gasteiger partial charge in [0.25, 0.3) is 6.43 Å². The number of rotatable bonds is 3. The number of halogens is 2. The van der Waals surface area contributed by atoms with Crippen molar-refractivity contribution in [1.29, 1.82) is 0 Å². The molecule has 1 fully saturated rings. The van der Waals surface area contributed by atoms with Crippen LogP contribution < -0.4 is 5.73 Å². The van der Waals surface area contributed by atoms with Crippen molar-refractivity contribution in [3.63, 3.8) is 0 Å². The smallest absolute Gasteiger partial charge is 0.410 e. The van der Waals surface area contributed by atoms with Crippen LogP contribution in [0.15, 0.2) is 0 Å². The van der Waals surface area contributed by atoms with Gasteiger partial charge in [0.1, 0.15) is 5.60 Å². The highest BCUT2D eigenvalue weighted by atomic mass is 19.3. The van der Waals surface area contributed by atoms with Crippen molar-refractivity contribution in [2.45, 2.75) is 64.5 Å². The van der Waals surface area contributed by atoms with Gasteiger partial charge >= 0.3 is 6.09 Å². The van der Waals surface area contributed by atoms with Crippen molar-refractivity contribution in [3.8, 4) is 0 Å². The highest BCUT2D eigenvalue weighted by Gasteiger charge is 2.36. The van der Waals surface area contributed by atoms with Crippen molar-refractivity contribution in [3.05, 3.63) is 0 Å². The molecule has 0 spiro atoms. The summed E-state index contributed by atoms with van der Waals surface area (Å²) in [5, 5.41) is 0. The first kappa shape index (κ1) is 17.1. The summed E-state index contributed by atoms with van der Waals surface area (Å²) in [6, 6.07) is 0. The van der Waals surface area contributed by atoms with Gasteiger partial charge in [-0.1, -0.05) is 0 Å². The molecule has 4 nitrogen and oxygen atoms in total. The van der Waals surface area contributed by atoms with Crippen molar-refractivity contribution < 1.29 is 18.3 Å². The Morgan fingerprint density at radius 2 is 2.00 bits per heavy atom. The van der Waals surface area contributed by atoms with E-state index in [0.717, 1.165) is 12.8 Å². The first-order valence-corrected chi connectivity index (χ1v) is 7.06. The molecule has 0 bridgehead atoms. The van der Waals surface area contributed by atoms with Gasteiger partial charge < -0.3 is 15.4 Å². The molecule has 1 rings (SSSR count). The van der Waals surface area contributed by atoms with Crippen LogP contribution in [-0.4, -0.2) is 41.6 Å². The van der Waals surface area contributed by atoms with Crippen LogP contribution in [0.25, 0.3) is 0 Å². The number of nitrogens with two attached hydrogens (primary N) is 1. The van der Waals surface area contributed by atoms with E-state index in [-0.39, 0.29) is 18.4 Å². The van der Waals surface area contributed by atoms with Gasteiger partial charge in [0.15, 0.2) is 0 Å². The lowest BCUT2D eigenvalue weighted by Gasteiger charge is -2.37. The Morgan fingerprint density at radius 3 is 2.50 bits per heavy atom. The highest BCUT2D eigenvalue weighted by Crippen LogP contribution is 2.28. The molecular weight excluding hydrogens is 266 g/mol. The second kappa shape index (κ2) is 6.24. The Bertz CT molecular complexity index is 341. The molecule has 1 amide bonds. The number of hydrogen-bond donors (Lipinski definition) is 1. The number of amides is 1. The predicted molar refractivity (Wildman–Crippen MR) is 73.7 cm³/mol. The molecule has 1 heterocycles. The molecular formula is C14H26F2N2O2. The summed E-state index contributed by atoms with van der Waals surface area (Å²) in [7, 11) is 0. The Kier molecular flexibility index (Phi) is 5.35. The number of hydrogen-bond acceptors (Lipinski definition) is 3. The molecule has 0 aliphatic carbocycles. The average molecular weight is 292 g/mol. The zero-order valence-corrected chi connectivity index (χ0v) is 12.8. The van der Waals surface area contributed by atoms with E-state index in [4.69, 9.17) is 10.5 Å². The molecule has 2 N–H and O–H groups in total. The Morgan fingerprint density at radius 1 is 1.40 bits per heavy atom. The number of ether oxygens (including phenoxy) is 1. The zero-order valence-electron chi connectivity index (χ0n) is 12.8. The lowest BCUT2D eigenvalue weighted by atomic mass is 9.85. The molecule has 1 saturated heterocycles. The largest absolute Gasteiger partial charge is 0.444 e. The van der Waals surface area contributed by atoms with Gasteiger partial charge in [0, 0.05) is 13.1 Å². The molecule has 0 aromatic rings. The molecule has 118 valence electrons. The maximum atomic E-state index is 12.8. The van der Waals surface area contributed by atoms with E-state index < -0.39 is 17.6 Å². The fourth-order valence-corrected chi connectivity index (χ4v) is 2.44. The summed E-state index contributed by atoms with van der Waals surface area (Å²) in [6.07, 6.45) is -1.11. The van der Waals surface area contributed by atoms with Crippen LogP contribution in [0.5, 0.6) is 0 Å². The second-order valence-electron chi connectivity index (χ2n) is 6.95.